The minimum Gasteiger partial charge on any atom is -0.543 e. The van der Waals surface area contributed by atoms with E-state index in [1.807, 2.05) is 0 Å². The standard InChI is InChI=1S/C22H21FN10O6S2/c23-4-7-39-29-13(16-28-22(25)41-30-16)17(34)27-14-18(35)33-15(20(36)37)10(9-40-19(14)33)8-31-5-6-32-11(26-21(24)38)2-1-3-12(31)32/h1-3,5-6,14,19H,4,7-9H2,(H6,24,25,27,28,30,34,36,37,38)/b29-13-/t14-,19-/m1/s1. The number of nitrogens with zero attached hydrogens (tertiary/aromatic N) is 6. The highest BCUT2D eigenvalue weighted by Crippen LogP contribution is 2.40. The lowest BCUT2D eigenvalue weighted by Gasteiger charge is -2.50. The van der Waals surface area contributed by atoms with Crippen LogP contribution in [0.1, 0.15) is 5.82 Å². The zero-order valence-corrected chi connectivity index (χ0v) is 22.5. The maximum Gasteiger partial charge on any atom is 0.319 e. The predicted molar refractivity (Wildman–Crippen MR) is 141 cm³/mol. The van der Waals surface area contributed by atoms with Gasteiger partial charge in [0.1, 0.15) is 43.6 Å². The van der Waals surface area contributed by atoms with Crippen molar-refractivity contribution in [1.29, 1.82) is 0 Å². The van der Waals surface area contributed by atoms with Gasteiger partial charge in [-0.25, -0.2) is 13.8 Å². The maximum atomic E-state index is 13.1. The number of carboxylic acid groups (broad SMARTS) is 1. The number of oxime groups is 1. The third-order valence-electron chi connectivity index (χ3n) is 6.03. The largest absolute Gasteiger partial charge is 0.543 e. The van der Waals surface area contributed by atoms with E-state index in [9.17, 15) is 28.7 Å². The number of nitrogen functional groups attached to an aromatic ring is 1. The molecule has 214 valence electrons. The fraction of sp³-hybridized carbons (Fsp3) is 0.273. The number of aromatic nitrogens is 4. The van der Waals surface area contributed by atoms with E-state index in [-0.39, 0.29) is 29.0 Å². The number of anilines is 2. The molecule has 6 N–H and O–H groups in total. The van der Waals surface area contributed by atoms with Gasteiger partial charge in [0.2, 0.25) is 17.4 Å². The topological polar surface area (TPSA) is 226 Å². The van der Waals surface area contributed by atoms with Gasteiger partial charge in [-0.3, -0.25) is 19.8 Å². The van der Waals surface area contributed by atoms with Crippen LogP contribution in [0, 0.1) is 0 Å². The van der Waals surface area contributed by atoms with Gasteiger partial charge in [0.05, 0.1) is 11.7 Å². The SMILES string of the molecule is NC(=O)Nc1cccc2n1cc[n+]2CC1=C(C(=O)[O-])N2C(=O)[C@@H](NC(=O)/C(=N\OCCF)c3nsc(N)n3)[C@H]2SC1. The highest BCUT2D eigenvalue weighted by Gasteiger charge is 2.53. The quantitative estimate of drug-likeness (QED) is 0.0651. The van der Waals surface area contributed by atoms with Crippen molar-refractivity contribution in [3.05, 3.63) is 47.7 Å². The summed E-state index contributed by atoms with van der Waals surface area (Å²) in [7, 11) is 0. The Morgan fingerprint density at radius 3 is 2.83 bits per heavy atom. The van der Waals surface area contributed by atoms with Crippen molar-refractivity contribution < 1.29 is 38.1 Å². The van der Waals surface area contributed by atoms with Crippen molar-refractivity contribution in [2.45, 2.75) is 18.0 Å². The summed E-state index contributed by atoms with van der Waals surface area (Å²) in [5.41, 5.74) is 11.1. The minimum absolute atomic E-state index is 0.0465. The average Bonchev–Trinajstić information content (AvgIpc) is 3.55. The van der Waals surface area contributed by atoms with Crippen molar-refractivity contribution in [1.82, 2.24) is 24.0 Å². The van der Waals surface area contributed by atoms with Crippen molar-refractivity contribution in [2.75, 3.05) is 30.1 Å². The molecule has 2 aliphatic heterocycles. The normalized spacial score (nSPS) is 18.6. The van der Waals surface area contributed by atoms with Crippen LogP contribution in [0.5, 0.6) is 0 Å². The van der Waals surface area contributed by atoms with Gasteiger partial charge in [0.15, 0.2) is 5.13 Å². The Morgan fingerprint density at radius 1 is 1.34 bits per heavy atom. The molecule has 16 nitrogen and oxygen atoms in total. The monoisotopic (exact) mass is 604 g/mol. The first kappa shape index (κ1) is 27.8. The van der Waals surface area contributed by atoms with Crippen molar-refractivity contribution in [3.63, 3.8) is 0 Å². The van der Waals surface area contributed by atoms with E-state index in [0.717, 1.165) is 16.4 Å². The second-order valence-electron chi connectivity index (χ2n) is 8.57. The summed E-state index contributed by atoms with van der Waals surface area (Å²) in [6.07, 6.45) is 3.35. The number of amides is 4. The van der Waals surface area contributed by atoms with Gasteiger partial charge >= 0.3 is 6.03 Å². The number of thioether (sulfide) groups is 1. The molecular formula is C22H21FN10O6S2. The molecule has 3 aromatic heterocycles. The van der Waals surface area contributed by atoms with Gasteiger partial charge in [-0.1, -0.05) is 5.16 Å². The first-order valence-corrected chi connectivity index (χ1v) is 13.6. The van der Waals surface area contributed by atoms with Crippen LogP contribution in [0.25, 0.3) is 5.65 Å². The van der Waals surface area contributed by atoms with Crippen molar-refractivity contribution in [3.8, 4) is 0 Å². The Labute approximate surface area is 238 Å². The van der Waals surface area contributed by atoms with Crippen LogP contribution in [-0.2, 0) is 25.8 Å². The van der Waals surface area contributed by atoms with E-state index in [1.54, 1.807) is 39.6 Å². The molecule has 0 saturated carbocycles. The average molecular weight is 605 g/mol. The number of alkyl halides is 1. The van der Waals surface area contributed by atoms with Crippen LogP contribution in [0.3, 0.4) is 0 Å². The summed E-state index contributed by atoms with van der Waals surface area (Å²) in [6, 6.07) is 3.25. The third-order valence-corrected chi connectivity index (χ3v) is 7.91. The molecule has 0 aromatic carbocycles. The molecule has 0 spiro atoms. The number of carbonyl (C=O) groups is 4. The summed E-state index contributed by atoms with van der Waals surface area (Å²) in [4.78, 5) is 59.4. The van der Waals surface area contributed by atoms with Crippen LogP contribution >= 0.6 is 23.3 Å². The second-order valence-corrected chi connectivity index (χ2v) is 10.5. The molecule has 0 unspecified atom stereocenters. The third kappa shape index (κ3) is 5.35. The first-order valence-electron chi connectivity index (χ1n) is 11.8. The Hall–Kier alpha value is -4.78. The fourth-order valence-corrected chi connectivity index (χ4v) is 6.12. The number of aliphatic carboxylic acids is 1. The van der Waals surface area contributed by atoms with Crippen LogP contribution in [0.15, 0.2) is 47.0 Å². The lowest BCUT2D eigenvalue weighted by atomic mass is 10.0. The number of rotatable bonds is 10. The summed E-state index contributed by atoms with van der Waals surface area (Å²) >= 11 is 2.04. The van der Waals surface area contributed by atoms with Crippen LogP contribution in [-0.4, -0.2) is 78.6 Å². The molecule has 0 aliphatic carbocycles. The van der Waals surface area contributed by atoms with Crippen LogP contribution in [0.2, 0.25) is 0 Å². The number of urea groups is 1. The van der Waals surface area contributed by atoms with E-state index < -0.39 is 54.2 Å². The highest BCUT2D eigenvalue weighted by molar-refractivity contribution is 8.00. The number of carboxylic acids is 1. The number of β-lactam (4-membered cyclic amide) rings is 1. The Bertz CT molecular complexity index is 1620. The molecular weight excluding hydrogens is 583 g/mol. The van der Waals surface area contributed by atoms with E-state index in [1.165, 1.54) is 11.8 Å². The molecule has 2 atom stereocenters. The number of primary amides is 1. The first-order chi connectivity index (χ1) is 19.7. The Kier molecular flexibility index (Phi) is 7.70. The number of fused-ring (bicyclic) bond motifs is 2. The van der Waals surface area contributed by atoms with Gasteiger partial charge in [-0.2, -0.15) is 13.8 Å². The van der Waals surface area contributed by atoms with E-state index in [0.29, 0.717) is 17.0 Å². The van der Waals surface area contributed by atoms with E-state index >= 15 is 0 Å². The van der Waals surface area contributed by atoms with Crippen LogP contribution in [0.4, 0.5) is 20.1 Å². The van der Waals surface area contributed by atoms with Gasteiger partial charge in [0, 0.05) is 35.0 Å². The number of carbonyl (C=O) groups excluding carboxylic acids is 4. The molecule has 0 bridgehead atoms. The number of nitrogens with one attached hydrogen (secondary N) is 2. The van der Waals surface area contributed by atoms with Gasteiger partial charge in [-0.15, -0.1) is 11.8 Å². The highest BCUT2D eigenvalue weighted by atomic mass is 32.2. The summed E-state index contributed by atoms with van der Waals surface area (Å²) in [5, 5.41) is 20.1. The number of pyridine rings is 1. The molecule has 1 saturated heterocycles. The zero-order chi connectivity index (χ0) is 29.3. The number of nitrogens with two attached hydrogens (primary N) is 2. The maximum absolute atomic E-state index is 13.1. The lowest BCUT2D eigenvalue weighted by molar-refractivity contribution is -0.662. The van der Waals surface area contributed by atoms with Crippen LogP contribution < -0.4 is 31.8 Å². The Morgan fingerprint density at radius 2 is 2.15 bits per heavy atom. The number of hydrogen-bond donors (Lipinski definition) is 4. The zero-order valence-electron chi connectivity index (χ0n) is 20.9. The number of hydrogen-bond acceptors (Lipinski definition) is 12. The lowest BCUT2D eigenvalue weighted by Crippen LogP contribution is -2.71. The van der Waals surface area contributed by atoms with Crippen molar-refractivity contribution in [2.24, 2.45) is 10.9 Å². The predicted octanol–water partition coefficient (Wildman–Crippen LogP) is -2.05. The van der Waals surface area contributed by atoms with Crippen molar-refractivity contribution >= 4 is 69.4 Å². The van der Waals surface area contributed by atoms with Gasteiger partial charge in [-0.05, 0) is 6.07 Å². The van der Waals surface area contributed by atoms with Gasteiger partial charge < -0.3 is 31.5 Å². The fourth-order valence-electron chi connectivity index (χ4n) is 4.35. The number of imidazole rings is 1. The molecule has 4 amide bonds. The van der Waals surface area contributed by atoms with E-state index in [4.69, 9.17) is 16.3 Å². The molecule has 2 aliphatic rings. The Balaban J connectivity index is 1.36. The summed E-state index contributed by atoms with van der Waals surface area (Å²) in [6.45, 7) is -1.19. The summed E-state index contributed by atoms with van der Waals surface area (Å²) in [5.74, 6) is -2.67. The van der Waals surface area contributed by atoms with Gasteiger partial charge in [0.25, 0.3) is 17.5 Å². The van der Waals surface area contributed by atoms with E-state index in [2.05, 4.69) is 25.1 Å². The smallest absolute Gasteiger partial charge is 0.319 e. The number of halogens is 1. The molecule has 19 heteroatoms. The molecule has 5 rings (SSSR count). The summed E-state index contributed by atoms with van der Waals surface area (Å²) < 4.78 is 19.8. The minimum atomic E-state index is -1.55. The molecule has 3 aromatic rings. The second kappa shape index (κ2) is 11.4. The molecule has 0 radical (unpaired) electrons. The molecule has 41 heavy (non-hydrogen) atoms. The molecule has 5 heterocycles. The molecule has 1 fully saturated rings.